The van der Waals surface area contributed by atoms with E-state index in [1.54, 1.807) is 0 Å². The molecule has 0 rings (SSSR count). The molecule has 0 aromatic heterocycles. The summed E-state index contributed by atoms with van der Waals surface area (Å²) in [5, 5.41) is 0. The molecule has 0 saturated heterocycles. The van der Waals surface area contributed by atoms with Crippen molar-refractivity contribution in [2.24, 2.45) is 0 Å². The normalized spacial score (nSPS) is 11.6. The highest BCUT2D eigenvalue weighted by Gasteiger charge is 2.41. The Morgan fingerprint density at radius 3 is 1.65 bits per heavy atom. The number of hydrogen-bond acceptors (Lipinski definition) is 1. The van der Waals surface area contributed by atoms with E-state index >= 15 is 0 Å². The van der Waals surface area contributed by atoms with Gasteiger partial charge in [-0.1, -0.05) is 39.5 Å². The molecule has 0 spiro atoms. The van der Waals surface area contributed by atoms with Gasteiger partial charge in [0.05, 0.1) is 0 Å². The lowest BCUT2D eigenvalue weighted by molar-refractivity contribution is -0.185. The molecule has 0 bridgehead atoms. The zero-order valence-electron chi connectivity index (χ0n) is 10.6. The molecule has 0 atom stereocenters. The number of halogens is 3. The summed E-state index contributed by atoms with van der Waals surface area (Å²) in [6.07, 6.45) is 0.129. The Bertz CT molecular complexity index is 206. The SMILES string of the molecule is CCCCCN(CCCCC)C(=O)C(F)(F)F. The van der Waals surface area contributed by atoms with Crippen molar-refractivity contribution in [2.45, 2.75) is 58.5 Å². The molecule has 0 aliphatic carbocycles. The first-order valence-electron chi connectivity index (χ1n) is 6.29. The number of hydrogen-bond donors (Lipinski definition) is 0. The van der Waals surface area contributed by atoms with Crippen molar-refractivity contribution in [3.05, 3.63) is 0 Å². The monoisotopic (exact) mass is 253 g/mol. The molecule has 17 heavy (non-hydrogen) atoms. The second-order valence-corrected chi connectivity index (χ2v) is 4.20. The average molecular weight is 253 g/mol. The third-order valence-electron chi connectivity index (χ3n) is 2.59. The number of unbranched alkanes of at least 4 members (excludes halogenated alkanes) is 4. The fourth-order valence-corrected chi connectivity index (χ4v) is 1.60. The van der Waals surface area contributed by atoms with E-state index in [1.807, 2.05) is 13.8 Å². The number of carbonyl (C=O) groups is 1. The van der Waals surface area contributed by atoms with Gasteiger partial charge in [0.1, 0.15) is 0 Å². The van der Waals surface area contributed by atoms with Crippen LogP contribution in [0, 0.1) is 0 Å². The molecule has 102 valence electrons. The maximum Gasteiger partial charge on any atom is 0.471 e. The van der Waals surface area contributed by atoms with Crippen molar-refractivity contribution in [1.82, 2.24) is 4.90 Å². The van der Waals surface area contributed by atoms with Crippen molar-refractivity contribution < 1.29 is 18.0 Å². The van der Waals surface area contributed by atoms with Gasteiger partial charge in [0.15, 0.2) is 0 Å². The van der Waals surface area contributed by atoms with E-state index in [1.165, 1.54) is 0 Å². The smallest absolute Gasteiger partial charge is 0.335 e. The highest BCUT2D eigenvalue weighted by molar-refractivity contribution is 5.81. The van der Waals surface area contributed by atoms with E-state index < -0.39 is 12.1 Å². The molecule has 1 amide bonds. The molecule has 5 heteroatoms. The fourth-order valence-electron chi connectivity index (χ4n) is 1.60. The van der Waals surface area contributed by atoms with Crippen LogP contribution in [0.4, 0.5) is 13.2 Å². The lowest BCUT2D eigenvalue weighted by Crippen LogP contribution is -2.42. The van der Waals surface area contributed by atoms with E-state index in [0.29, 0.717) is 12.8 Å². The summed E-state index contributed by atoms with van der Waals surface area (Å²) >= 11 is 0. The molecule has 0 aromatic rings. The van der Waals surface area contributed by atoms with Gasteiger partial charge < -0.3 is 4.90 Å². The van der Waals surface area contributed by atoms with E-state index in [-0.39, 0.29) is 13.1 Å². The number of carbonyl (C=O) groups excluding carboxylic acids is 1. The van der Waals surface area contributed by atoms with Gasteiger partial charge in [-0.3, -0.25) is 4.79 Å². The third kappa shape index (κ3) is 7.23. The Kier molecular flexibility index (Phi) is 8.00. The lowest BCUT2D eigenvalue weighted by atomic mass is 10.2. The first-order valence-corrected chi connectivity index (χ1v) is 6.29. The first-order chi connectivity index (χ1) is 7.93. The highest BCUT2D eigenvalue weighted by Crippen LogP contribution is 2.19. The van der Waals surface area contributed by atoms with Crippen LogP contribution in [0.3, 0.4) is 0 Å². The van der Waals surface area contributed by atoms with E-state index in [4.69, 9.17) is 0 Å². The molecule has 0 aromatic carbocycles. The van der Waals surface area contributed by atoms with Crippen molar-refractivity contribution in [1.29, 1.82) is 0 Å². The molecule has 2 nitrogen and oxygen atoms in total. The number of rotatable bonds is 8. The van der Waals surface area contributed by atoms with Crippen LogP contribution in [-0.4, -0.2) is 30.1 Å². The molecule has 0 heterocycles. The predicted molar refractivity (Wildman–Crippen MR) is 61.7 cm³/mol. The van der Waals surface area contributed by atoms with Gasteiger partial charge in [-0.2, -0.15) is 13.2 Å². The Hall–Kier alpha value is -0.740. The van der Waals surface area contributed by atoms with Gasteiger partial charge in [-0.25, -0.2) is 0 Å². The Morgan fingerprint density at radius 2 is 1.35 bits per heavy atom. The maximum atomic E-state index is 12.3. The summed E-state index contributed by atoms with van der Waals surface area (Å²) in [5.41, 5.74) is 0. The number of nitrogens with zero attached hydrogens (tertiary/aromatic N) is 1. The number of amides is 1. The summed E-state index contributed by atoms with van der Waals surface area (Å²) in [4.78, 5) is 12.1. The van der Waals surface area contributed by atoms with Crippen LogP contribution in [0.25, 0.3) is 0 Å². The van der Waals surface area contributed by atoms with Crippen molar-refractivity contribution in [2.75, 3.05) is 13.1 Å². The Labute approximate surface area is 101 Å². The van der Waals surface area contributed by atoms with Crippen molar-refractivity contribution in [3.8, 4) is 0 Å². The second kappa shape index (κ2) is 8.37. The van der Waals surface area contributed by atoms with Gasteiger partial charge in [-0.15, -0.1) is 0 Å². The molecule has 0 aliphatic heterocycles. The minimum Gasteiger partial charge on any atom is -0.335 e. The van der Waals surface area contributed by atoms with Crippen LogP contribution in [-0.2, 0) is 4.79 Å². The summed E-state index contributed by atoms with van der Waals surface area (Å²) in [6.45, 7) is 4.39. The zero-order valence-corrected chi connectivity index (χ0v) is 10.6. The maximum absolute atomic E-state index is 12.3. The van der Waals surface area contributed by atoms with Crippen molar-refractivity contribution >= 4 is 5.91 Å². The Balaban J connectivity index is 4.23. The van der Waals surface area contributed by atoms with Crippen LogP contribution in [0.5, 0.6) is 0 Å². The lowest BCUT2D eigenvalue weighted by Gasteiger charge is -2.23. The van der Waals surface area contributed by atoms with Crippen LogP contribution in [0.2, 0.25) is 0 Å². The summed E-state index contributed by atoms with van der Waals surface area (Å²) in [6, 6.07) is 0. The van der Waals surface area contributed by atoms with Crippen LogP contribution < -0.4 is 0 Å². The van der Waals surface area contributed by atoms with E-state index in [0.717, 1.165) is 30.6 Å². The Morgan fingerprint density at radius 1 is 0.941 bits per heavy atom. The van der Waals surface area contributed by atoms with Gasteiger partial charge in [0.2, 0.25) is 0 Å². The van der Waals surface area contributed by atoms with Crippen LogP contribution in [0.15, 0.2) is 0 Å². The summed E-state index contributed by atoms with van der Waals surface area (Å²) < 4.78 is 37.0. The van der Waals surface area contributed by atoms with Crippen LogP contribution in [0.1, 0.15) is 52.4 Å². The zero-order chi connectivity index (χ0) is 13.3. The molecular formula is C12H22F3NO. The van der Waals surface area contributed by atoms with E-state index in [2.05, 4.69) is 0 Å². The molecule has 0 unspecified atom stereocenters. The van der Waals surface area contributed by atoms with Gasteiger partial charge in [0.25, 0.3) is 0 Å². The molecule has 0 radical (unpaired) electrons. The summed E-state index contributed by atoms with van der Waals surface area (Å²) in [7, 11) is 0. The molecule has 0 fully saturated rings. The topological polar surface area (TPSA) is 20.3 Å². The standard InChI is InChI=1S/C12H22F3NO/c1-3-5-7-9-16(10-8-6-4-2)11(17)12(13,14)15/h3-10H2,1-2H3. The second-order valence-electron chi connectivity index (χ2n) is 4.20. The van der Waals surface area contributed by atoms with Crippen LogP contribution >= 0.6 is 0 Å². The largest absolute Gasteiger partial charge is 0.471 e. The molecule has 0 saturated carbocycles. The minimum atomic E-state index is -4.74. The third-order valence-corrected chi connectivity index (χ3v) is 2.59. The summed E-state index contributed by atoms with van der Waals surface area (Å²) in [5.74, 6) is -1.69. The minimum absolute atomic E-state index is 0.218. The quantitative estimate of drug-likeness (QED) is 0.603. The number of alkyl halides is 3. The fraction of sp³-hybridized carbons (Fsp3) is 0.917. The van der Waals surface area contributed by atoms with Crippen molar-refractivity contribution in [3.63, 3.8) is 0 Å². The molecule has 0 N–H and O–H groups in total. The van der Waals surface area contributed by atoms with Gasteiger partial charge in [-0.05, 0) is 12.8 Å². The molecule has 0 aliphatic rings. The van der Waals surface area contributed by atoms with Gasteiger partial charge >= 0.3 is 12.1 Å². The predicted octanol–water partition coefficient (Wildman–Crippen LogP) is 3.76. The first kappa shape index (κ1) is 16.3. The average Bonchev–Trinajstić information content (AvgIpc) is 2.25. The highest BCUT2D eigenvalue weighted by atomic mass is 19.4. The molecular weight excluding hydrogens is 231 g/mol. The van der Waals surface area contributed by atoms with E-state index in [9.17, 15) is 18.0 Å². The van der Waals surface area contributed by atoms with Gasteiger partial charge in [0, 0.05) is 13.1 Å².